The molecular formula is C13H20N4O3. The normalized spacial score (nSPS) is 26.2. The van der Waals surface area contributed by atoms with Gasteiger partial charge in [0.25, 0.3) is 0 Å². The lowest BCUT2D eigenvalue weighted by molar-refractivity contribution is -0.117. The summed E-state index contributed by atoms with van der Waals surface area (Å²) in [6.45, 7) is 2.91. The summed E-state index contributed by atoms with van der Waals surface area (Å²) in [4.78, 5) is 11.2. The number of aromatic nitrogens is 3. The standard InChI is InChI=1S/C13H20N4O3/c14-12(18)6-11-13(9-3-5-19-8-9)17(16-15-11)7-10-2-1-4-20-10/h9-10H,1-8H2,(H2,14,18). The Morgan fingerprint density at radius 3 is 2.95 bits per heavy atom. The first-order valence-electron chi connectivity index (χ1n) is 7.14. The van der Waals surface area contributed by atoms with Crippen LogP contribution in [0.1, 0.15) is 36.6 Å². The number of carbonyl (C=O) groups excluding carboxylic acids is 1. The predicted molar refractivity (Wildman–Crippen MR) is 70.1 cm³/mol. The van der Waals surface area contributed by atoms with Gasteiger partial charge in [0, 0.05) is 19.1 Å². The van der Waals surface area contributed by atoms with Gasteiger partial charge in [0.05, 0.1) is 37.1 Å². The molecule has 2 unspecified atom stereocenters. The first-order chi connectivity index (χ1) is 9.74. The van der Waals surface area contributed by atoms with Crippen LogP contribution in [0.25, 0.3) is 0 Å². The molecule has 20 heavy (non-hydrogen) atoms. The number of hydrogen-bond donors (Lipinski definition) is 1. The van der Waals surface area contributed by atoms with E-state index in [9.17, 15) is 4.79 Å². The molecule has 0 aliphatic carbocycles. The van der Waals surface area contributed by atoms with Gasteiger partial charge in [-0.1, -0.05) is 5.21 Å². The number of ether oxygens (including phenoxy) is 2. The second-order valence-electron chi connectivity index (χ2n) is 5.44. The van der Waals surface area contributed by atoms with E-state index in [1.165, 1.54) is 0 Å². The molecule has 0 bridgehead atoms. The van der Waals surface area contributed by atoms with Gasteiger partial charge in [0.15, 0.2) is 0 Å². The average Bonchev–Trinajstić information content (AvgIpc) is 3.11. The number of nitrogens with two attached hydrogens (primary N) is 1. The summed E-state index contributed by atoms with van der Waals surface area (Å²) in [5.74, 6) is -0.130. The topological polar surface area (TPSA) is 92.3 Å². The van der Waals surface area contributed by atoms with Crippen LogP contribution in [0.2, 0.25) is 0 Å². The van der Waals surface area contributed by atoms with Crippen LogP contribution in [0.15, 0.2) is 0 Å². The van der Waals surface area contributed by atoms with Gasteiger partial charge in [-0.2, -0.15) is 0 Å². The number of primary amides is 1. The van der Waals surface area contributed by atoms with E-state index in [1.54, 1.807) is 0 Å². The molecule has 2 fully saturated rings. The maximum atomic E-state index is 11.2. The lowest BCUT2D eigenvalue weighted by Gasteiger charge is -2.15. The number of amides is 1. The summed E-state index contributed by atoms with van der Waals surface area (Å²) >= 11 is 0. The molecule has 0 radical (unpaired) electrons. The Kier molecular flexibility index (Phi) is 3.98. The first-order valence-corrected chi connectivity index (χ1v) is 7.14. The summed E-state index contributed by atoms with van der Waals surface area (Å²) in [7, 11) is 0. The molecular weight excluding hydrogens is 260 g/mol. The van der Waals surface area contributed by atoms with Crippen molar-refractivity contribution in [1.82, 2.24) is 15.0 Å². The van der Waals surface area contributed by atoms with Crippen molar-refractivity contribution in [1.29, 1.82) is 0 Å². The zero-order valence-electron chi connectivity index (χ0n) is 11.5. The van der Waals surface area contributed by atoms with Gasteiger partial charge in [0.2, 0.25) is 5.91 Å². The highest BCUT2D eigenvalue weighted by molar-refractivity contribution is 5.76. The van der Waals surface area contributed by atoms with Crippen LogP contribution < -0.4 is 5.73 Å². The van der Waals surface area contributed by atoms with E-state index in [1.807, 2.05) is 4.68 Å². The molecule has 3 heterocycles. The van der Waals surface area contributed by atoms with Crippen LogP contribution in [0.4, 0.5) is 0 Å². The number of rotatable bonds is 5. The van der Waals surface area contributed by atoms with E-state index in [4.69, 9.17) is 15.2 Å². The Morgan fingerprint density at radius 2 is 2.30 bits per heavy atom. The maximum absolute atomic E-state index is 11.2. The van der Waals surface area contributed by atoms with Crippen molar-refractivity contribution >= 4 is 5.91 Å². The number of nitrogens with zero attached hydrogens (tertiary/aromatic N) is 3. The second kappa shape index (κ2) is 5.88. The molecule has 0 spiro atoms. The predicted octanol–water partition coefficient (Wildman–Crippen LogP) is -0.0112. The quantitative estimate of drug-likeness (QED) is 0.819. The lowest BCUT2D eigenvalue weighted by atomic mass is 10.0. The van der Waals surface area contributed by atoms with Crippen molar-refractivity contribution in [2.75, 3.05) is 19.8 Å². The summed E-state index contributed by atoms with van der Waals surface area (Å²) in [6.07, 6.45) is 3.41. The zero-order valence-corrected chi connectivity index (χ0v) is 11.5. The van der Waals surface area contributed by atoms with Crippen molar-refractivity contribution < 1.29 is 14.3 Å². The van der Waals surface area contributed by atoms with Crippen molar-refractivity contribution in [3.63, 3.8) is 0 Å². The van der Waals surface area contributed by atoms with Crippen LogP contribution >= 0.6 is 0 Å². The summed E-state index contributed by atoms with van der Waals surface area (Å²) in [5, 5.41) is 8.34. The second-order valence-corrected chi connectivity index (χ2v) is 5.44. The highest BCUT2D eigenvalue weighted by atomic mass is 16.5. The van der Waals surface area contributed by atoms with Gasteiger partial charge in [-0.15, -0.1) is 5.10 Å². The van der Waals surface area contributed by atoms with Crippen LogP contribution in [0.3, 0.4) is 0 Å². The summed E-state index contributed by atoms with van der Waals surface area (Å²) < 4.78 is 13.0. The molecule has 2 aliphatic rings. The van der Waals surface area contributed by atoms with Crippen molar-refractivity contribution in [3.8, 4) is 0 Å². The van der Waals surface area contributed by atoms with Crippen molar-refractivity contribution in [3.05, 3.63) is 11.4 Å². The molecule has 7 heteroatoms. The molecule has 2 N–H and O–H groups in total. The fourth-order valence-electron chi connectivity index (χ4n) is 2.96. The third kappa shape index (κ3) is 2.83. The Bertz CT molecular complexity index is 476. The van der Waals surface area contributed by atoms with E-state index in [-0.39, 0.29) is 24.3 Å². The smallest absolute Gasteiger partial charge is 0.223 e. The van der Waals surface area contributed by atoms with E-state index >= 15 is 0 Å². The molecule has 1 aromatic heterocycles. The van der Waals surface area contributed by atoms with Gasteiger partial charge in [-0.3, -0.25) is 4.79 Å². The SMILES string of the molecule is NC(=O)Cc1nnn(CC2CCCO2)c1C1CCOC1. The summed E-state index contributed by atoms with van der Waals surface area (Å²) in [6, 6.07) is 0. The van der Waals surface area contributed by atoms with E-state index in [0.717, 1.165) is 38.2 Å². The zero-order chi connectivity index (χ0) is 13.9. The number of carbonyl (C=O) groups is 1. The van der Waals surface area contributed by atoms with E-state index in [0.29, 0.717) is 18.8 Å². The van der Waals surface area contributed by atoms with E-state index < -0.39 is 0 Å². The molecule has 0 aromatic carbocycles. The van der Waals surface area contributed by atoms with Crippen LogP contribution in [0, 0.1) is 0 Å². The highest BCUT2D eigenvalue weighted by Crippen LogP contribution is 2.28. The van der Waals surface area contributed by atoms with Crippen molar-refractivity contribution in [2.24, 2.45) is 5.73 Å². The third-order valence-corrected chi connectivity index (χ3v) is 3.91. The van der Waals surface area contributed by atoms with Gasteiger partial charge < -0.3 is 15.2 Å². The highest BCUT2D eigenvalue weighted by Gasteiger charge is 2.28. The largest absolute Gasteiger partial charge is 0.381 e. The van der Waals surface area contributed by atoms with Gasteiger partial charge in [-0.05, 0) is 19.3 Å². The minimum atomic E-state index is -0.380. The Morgan fingerprint density at radius 1 is 1.40 bits per heavy atom. The Hall–Kier alpha value is -1.47. The summed E-state index contributed by atoms with van der Waals surface area (Å²) in [5.41, 5.74) is 6.98. The minimum absolute atomic E-state index is 0.136. The molecule has 0 saturated carbocycles. The Labute approximate surface area is 117 Å². The maximum Gasteiger partial charge on any atom is 0.223 e. The first kappa shape index (κ1) is 13.5. The third-order valence-electron chi connectivity index (χ3n) is 3.91. The van der Waals surface area contributed by atoms with Crippen molar-refractivity contribution in [2.45, 2.75) is 44.2 Å². The van der Waals surface area contributed by atoms with Crippen LogP contribution in [-0.4, -0.2) is 46.8 Å². The van der Waals surface area contributed by atoms with Crippen LogP contribution in [0.5, 0.6) is 0 Å². The minimum Gasteiger partial charge on any atom is -0.381 e. The molecule has 2 aliphatic heterocycles. The number of hydrogen-bond acceptors (Lipinski definition) is 5. The average molecular weight is 280 g/mol. The van der Waals surface area contributed by atoms with Gasteiger partial charge >= 0.3 is 0 Å². The van der Waals surface area contributed by atoms with Crippen LogP contribution in [-0.2, 0) is 27.2 Å². The Balaban J connectivity index is 1.83. The molecule has 3 rings (SSSR count). The molecule has 2 atom stereocenters. The molecule has 1 aromatic rings. The monoisotopic (exact) mass is 280 g/mol. The fourth-order valence-corrected chi connectivity index (χ4v) is 2.96. The molecule has 7 nitrogen and oxygen atoms in total. The molecule has 1 amide bonds. The van der Waals surface area contributed by atoms with Gasteiger partial charge in [-0.25, -0.2) is 4.68 Å². The van der Waals surface area contributed by atoms with Gasteiger partial charge in [0.1, 0.15) is 0 Å². The fraction of sp³-hybridized carbons (Fsp3) is 0.769. The van der Waals surface area contributed by atoms with E-state index in [2.05, 4.69) is 10.3 Å². The lowest BCUT2D eigenvalue weighted by Crippen LogP contribution is -2.21. The molecule has 110 valence electrons. The molecule has 2 saturated heterocycles.